The molecule has 3 nitrogen and oxygen atoms in total. The highest BCUT2D eigenvalue weighted by molar-refractivity contribution is 5.72. The van der Waals surface area contributed by atoms with Gasteiger partial charge in [0.15, 0.2) is 11.5 Å². The number of rotatable bonds is 4. The first kappa shape index (κ1) is 13.3. The van der Waals surface area contributed by atoms with Gasteiger partial charge in [-0.1, -0.05) is 18.2 Å². The third kappa shape index (κ3) is 2.81. The first-order valence-corrected chi connectivity index (χ1v) is 6.21. The first-order chi connectivity index (χ1) is 9.15. The first-order valence-electron chi connectivity index (χ1n) is 6.21. The van der Waals surface area contributed by atoms with Gasteiger partial charge in [0.05, 0.1) is 19.9 Å². The second kappa shape index (κ2) is 5.65. The molecule has 0 heterocycles. The minimum Gasteiger partial charge on any atom is -0.493 e. The predicted molar refractivity (Wildman–Crippen MR) is 78.7 cm³/mol. The lowest BCUT2D eigenvalue weighted by Gasteiger charge is -2.15. The fourth-order valence-corrected chi connectivity index (χ4v) is 2.00. The summed E-state index contributed by atoms with van der Waals surface area (Å²) in [7, 11) is 3.28. The van der Waals surface area contributed by atoms with Crippen molar-refractivity contribution < 1.29 is 9.47 Å². The van der Waals surface area contributed by atoms with Gasteiger partial charge in [-0.3, -0.25) is 0 Å². The topological polar surface area (TPSA) is 30.5 Å². The number of para-hydroxylation sites is 1. The fraction of sp³-hybridized carbons (Fsp3) is 0.250. The van der Waals surface area contributed by atoms with E-state index in [1.807, 2.05) is 18.2 Å². The van der Waals surface area contributed by atoms with Crippen molar-refractivity contribution in [3.05, 3.63) is 47.5 Å². The molecule has 2 aromatic carbocycles. The minimum atomic E-state index is 0.714. The number of anilines is 2. The number of benzene rings is 2. The number of hydrogen-bond acceptors (Lipinski definition) is 3. The lowest BCUT2D eigenvalue weighted by molar-refractivity contribution is 0.356. The van der Waals surface area contributed by atoms with E-state index in [2.05, 4.69) is 37.4 Å². The molecule has 2 aromatic rings. The van der Waals surface area contributed by atoms with Crippen molar-refractivity contribution in [1.82, 2.24) is 0 Å². The van der Waals surface area contributed by atoms with Gasteiger partial charge in [-0.25, -0.2) is 0 Å². The van der Waals surface area contributed by atoms with E-state index < -0.39 is 0 Å². The molecule has 0 bridgehead atoms. The lowest BCUT2D eigenvalue weighted by Crippen LogP contribution is -1.98. The third-order valence-corrected chi connectivity index (χ3v) is 3.07. The molecule has 0 aliphatic rings. The normalized spacial score (nSPS) is 10.1. The molecule has 100 valence electrons. The van der Waals surface area contributed by atoms with Gasteiger partial charge in [0, 0.05) is 5.69 Å². The van der Waals surface area contributed by atoms with Gasteiger partial charge in [0.1, 0.15) is 0 Å². The summed E-state index contributed by atoms with van der Waals surface area (Å²) in [6.07, 6.45) is 0. The summed E-state index contributed by atoms with van der Waals surface area (Å²) in [6.45, 7) is 4.15. The molecule has 0 saturated heterocycles. The van der Waals surface area contributed by atoms with Gasteiger partial charge in [-0.2, -0.15) is 0 Å². The van der Waals surface area contributed by atoms with E-state index >= 15 is 0 Å². The Morgan fingerprint density at radius 3 is 2.37 bits per heavy atom. The predicted octanol–water partition coefficient (Wildman–Crippen LogP) is 4.06. The Morgan fingerprint density at radius 2 is 1.68 bits per heavy atom. The SMILES string of the molecule is COc1cccc(Nc2cc(C)ccc2C)c1OC. The summed E-state index contributed by atoms with van der Waals surface area (Å²) in [5.41, 5.74) is 4.38. The maximum atomic E-state index is 5.42. The van der Waals surface area contributed by atoms with Gasteiger partial charge < -0.3 is 14.8 Å². The van der Waals surface area contributed by atoms with Crippen molar-refractivity contribution in [3.8, 4) is 11.5 Å². The number of methoxy groups -OCH3 is 2. The fourth-order valence-electron chi connectivity index (χ4n) is 2.00. The molecule has 0 radical (unpaired) electrons. The largest absolute Gasteiger partial charge is 0.493 e. The molecule has 0 atom stereocenters. The molecule has 0 saturated carbocycles. The number of hydrogen-bond donors (Lipinski definition) is 1. The van der Waals surface area contributed by atoms with Crippen LogP contribution < -0.4 is 14.8 Å². The summed E-state index contributed by atoms with van der Waals surface area (Å²) in [6, 6.07) is 12.1. The molecule has 1 N–H and O–H groups in total. The van der Waals surface area contributed by atoms with Gasteiger partial charge in [-0.05, 0) is 43.2 Å². The van der Waals surface area contributed by atoms with E-state index in [1.54, 1.807) is 14.2 Å². The molecule has 0 aromatic heterocycles. The number of nitrogens with one attached hydrogen (secondary N) is 1. The van der Waals surface area contributed by atoms with Crippen LogP contribution in [0.1, 0.15) is 11.1 Å². The van der Waals surface area contributed by atoms with Gasteiger partial charge >= 0.3 is 0 Å². The second-order valence-corrected chi connectivity index (χ2v) is 4.48. The Labute approximate surface area is 114 Å². The molecule has 0 spiro atoms. The molecule has 0 fully saturated rings. The van der Waals surface area contributed by atoms with Crippen molar-refractivity contribution in [2.75, 3.05) is 19.5 Å². The lowest BCUT2D eigenvalue weighted by atomic mass is 10.1. The van der Waals surface area contributed by atoms with E-state index in [0.717, 1.165) is 17.1 Å². The maximum absolute atomic E-state index is 5.42. The molecular formula is C16H19NO2. The Hall–Kier alpha value is -2.16. The van der Waals surface area contributed by atoms with Gasteiger partial charge in [0.25, 0.3) is 0 Å². The highest BCUT2D eigenvalue weighted by atomic mass is 16.5. The minimum absolute atomic E-state index is 0.714. The Bertz CT molecular complexity index is 579. The highest BCUT2D eigenvalue weighted by Crippen LogP contribution is 2.37. The van der Waals surface area contributed by atoms with E-state index in [0.29, 0.717) is 5.75 Å². The van der Waals surface area contributed by atoms with Crippen molar-refractivity contribution in [2.45, 2.75) is 13.8 Å². The van der Waals surface area contributed by atoms with Crippen LogP contribution in [-0.4, -0.2) is 14.2 Å². The van der Waals surface area contributed by atoms with Crippen LogP contribution in [0.15, 0.2) is 36.4 Å². The van der Waals surface area contributed by atoms with Crippen LogP contribution in [0.25, 0.3) is 0 Å². The van der Waals surface area contributed by atoms with Crippen LogP contribution in [0.5, 0.6) is 11.5 Å². The van der Waals surface area contributed by atoms with Crippen LogP contribution in [0.3, 0.4) is 0 Å². The zero-order valence-corrected chi connectivity index (χ0v) is 11.8. The molecule has 0 unspecified atom stereocenters. The zero-order chi connectivity index (χ0) is 13.8. The monoisotopic (exact) mass is 257 g/mol. The summed E-state index contributed by atoms with van der Waals surface area (Å²) in [5.74, 6) is 1.43. The maximum Gasteiger partial charge on any atom is 0.184 e. The number of aryl methyl sites for hydroxylation is 2. The summed E-state index contributed by atoms with van der Waals surface area (Å²) < 4.78 is 10.7. The second-order valence-electron chi connectivity index (χ2n) is 4.48. The van der Waals surface area contributed by atoms with E-state index in [1.165, 1.54) is 11.1 Å². The average molecular weight is 257 g/mol. The van der Waals surface area contributed by atoms with Gasteiger partial charge in [0.2, 0.25) is 0 Å². The Balaban J connectivity index is 2.40. The van der Waals surface area contributed by atoms with E-state index in [4.69, 9.17) is 9.47 Å². The molecule has 2 rings (SSSR count). The molecule has 0 aliphatic heterocycles. The molecule has 0 amide bonds. The van der Waals surface area contributed by atoms with Gasteiger partial charge in [-0.15, -0.1) is 0 Å². The van der Waals surface area contributed by atoms with Crippen molar-refractivity contribution in [2.24, 2.45) is 0 Å². The van der Waals surface area contributed by atoms with Crippen LogP contribution >= 0.6 is 0 Å². The summed E-state index contributed by atoms with van der Waals surface area (Å²) >= 11 is 0. The third-order valence-electron chi connectivity index (χ3n) is 3.07. The van der Waals surface area contributed by atoms with Crippen LogP contribution in [0, 0.1) is 13.8 Å². The Kier molecular flexibility index (Phi) is 3.95. The molecule has 19 heavy (non-hydrogen) atoms. The Morgan fingerprint density at radius 1 is 0.895 bits per heavy atom. The highest BCUT2D eigenvalue weighted by Gasteiger charge is 2.10. The molecule has 0 aliphatic carbocycles. The molecule has 3 heteroatoms. The van der Waals surface area contributed by atoms with Crippen LogP contribution in [0.2, 0.25) is 0 Å². The zero-order valence-electron chi connectivity index (χ0n) is 11.8. The number of ether oxygens (including phenoxy) is 2. The quantitative estimate of drug-likeness (QED) is 0.895. The summed E-state index contributed by atoms with van der Waals surface area (Å²) in [5, 5.41) is 3.40. The van der Waals surface area contributed by atoms with E-state index in [9.17, 15) is 0 Å². The average Bonchev–Trinajstić information content (AvgIpc) is 2.42. The van der Waals surface area contributed by atoms with E-state index in [-0.39, 0.29) is 0 Å². The molecular weight excluding hydrogens is 238 g/mol. The van der Waals surface area contributed by atoms with Crippen molar-refractivity contribution >= 4 is 11.4 Å². The van der Waals surface area contributed by atoms with Crippen molar-refractivity contribution in [1.29, 1.82) is 0 Å². The summed E-state index contributed by atoms with van der Waals surface area (Å²) in [4.78, 5) is 0. The van der Waals surface area contributed by atoms with Crippen LogP contribution in [-0.2, 0) is 0 Å². The standard InChI is InChI=1S/C16H19NO2/c1-11-8-9-12(2)14(10-11)17-13-6-5-7-15(18-3)16(13)19-4/h5-10,17H,1-4H3. The van der Waals surface area contributed by atoms with Crippen molar-refractivity contribution in [3.63, 3.8) is 0 Å². The van der Waals surface area contributed by atoms with Crippen LogP contribution in [0.4, 0.5) is 11.4 Å². The smallest absolute Gasteiger partial charge is 0.184 e.